The molecular weight excluding hydrogens is 218 g/mol. The number of carbonyl (C=O) groups is 1. The molecule has 0 fully saturated rings. The lowest BCUT2D eigenvalue weighted by Crippen LogP contribution is -2.05. The molecule has 17 heavy (non-hydrogen) atoms. The van der Waals surface area contributed by atoms with E-state index in [2.05, 4.69) is 14.7 Å². The third-order valence-electron chi connectivity index (χ3n) is 2.86. The Morgan fingerprint density at radius 1 is 1.41 bits per heavy atom. The van der Waals surface area contributed by atoms with Gasteiger partial charge in [0.05, 0.1) is 0 Å². The Labute approximate surface area is 99.4 Å². The van der Waals surface area contributed by atoms with E-state index in [0.717, 1.165) is 29.8 Å². The minimum Gasteiger partial charge on any atom is -0.348 e. The molecular formula is C12H15N3O2. The van der Waals surface area contributed by atoms with Crippen LogP contribution in [0.25, 0.3) is 0 Å². The summed E-state index contributed by atoms with van der Waals surface area (Å²) in [7, 11) is 0. The summed E-state index contributed by atoms with van der Waals surface area (Å²) in [5.74, 6) is 1.28. The van der Waals surface area contributed by atoms with Crippen molar-refractivity contribution in [3.05, 3.63) is 34.7 Å². The molecule has 0 saturated heterocycles. The lowest BCUT2D eigenvalue weighted by atomic mass is 10.3. The van der Waals surface area contributed by atoms with Crippen molar-refractivity contribution in [1.82, 2.24) is 14.7 Å². The highest BCUT2D eigenvalue weighted by Gasteiger charge is 2.09. The van der Waals surface area contributed by atoms with Crippen LogP contribution in [0.5, 0.6) is 0 Å². The summed E-state index contributed by atoms with van der Waals surface area (Å²) in [6.45, 7) is 6.46. The van der Waals surface area contributed by atoms with Crippen LogP contribution in [0.2, 0.25) is 0 Å². The number of aromatic nitrogens is 3. The zero-order valence-corrected chi connectivity index (χ0v) is 10.2. The average Bonchev–Trinajstić information content (AvgIpc) is 2.82. The summed E-state index contributed by atoms with van der Waals surface area (Å²) in [4.78, 5) is 15.0. The summed E-state index contributed by atoms with van der Waals surface area (Å²) in [6, 6.07) is 1.89. The zero-order chi connectivity index (χ0) is 12.4. The molecule has 5 nitrogen and oxygen atoms in total. The first kappa shape index (κ1) is 11.6. The summed E-state index contributed by atoms with van der Waals surface area (Å²) in [5.41, 5.74) is 2.79. The Morgan fingerprint density at radius 2 is 2.18 bits per heavy atom. The molecule has 0 unspecified atom stereocenters. The minimum atomic E-state index is 0.627. The van der Waals surface area contributed by atoms with E-state index >= 15 is 0 Å². The second kappa shape index (κ2) is 4.53. The molecule has 2 heterocycles. The zero-order valence-electron chi connectivity index (χ0n) is 10.2. The van der Waals surface area contributed by atoms with Crippen LogP contribution in [-0.2, 0) is 13.0 Å². The van der Waals surface area contributed by atoms with E-state index in [1.54, 1.807) is 6.92 Å². The van der Waals surface area contributed by atoms with Crippen LogP contribution in [0.4, 0.5) is 0 Å². The van der Waals surface area contributed by atoms with E-state index in [1.165, 1.54) is 0 Å². The van der Waals surface area contributed by atoms with Crippen LogP contribution in [0.1, 0.15) is 33.5 Å². The van der Waals surface area contributed by atoms with Crippen molar-refractivity contribution in [3.63, 3.8) is 0 Å². The molecule has 0 saturated carbocycles. The largest absolute Gasteiger partial charge is 0.348 e. The first-order chi connectivity index (χ1) is 8.11. The van der Waals surface area contributed by atoms with E-state index in [4.69, 9.17) is 4.52 Å². The highest BCUT2D eigenvalue weighted by molar-refractivity contribution is 5.77. The topological polar surface area (TPSA) is 60.9 Å². The predicted molar refractivity (Wildman–Crippen MR) is 62.0 cm³/mol. The molecule has 0 radical (unpaired) electrons. The predicted octanol–water partition coefficient (Wildman–Crippen LogP) is 1.85. The number of rotatable bonds is 4. The molecule has 2 aromatic rings. The Kier molecular flexibility index (Phi) is 3.08. The molecule has 0 N–H and O–H groups in total. The summed E-state index contributed by atoms with van der Waals surface area (Å²) in [6.07, 6.45) is 1.56. The third kappa shape index (κ3) is 2.27. The van der Waals surface area contributed by atoms with E-state index in [1.807, 2.05) is 19.9 Å². The molecule has 5 heteroatoms. The van der Waals surface area contributed by atoms with Gasteiger partial charge in [0.2, 0.25) is 5.89 Å². The van der Waals surface area contributed by atoms with Crippen molar-refractivity contribution >= 4 is 6.29 Å². The average molecular weight is 233 g/mol. The van der Waals surface area contributed by atoms with Gasteiger partial charge in [-0.15, -0.1) is 0 Å². The van der Waals surface area contributed by atoms with Crippen molar-refractivity contribution in [1.29, 1.82) is 0 Å². The Balaban J connectivity index is 2.13. The van der Waals surface area contributed by atoms with Crippen molar-refractivity contribution in [2.45, 2.75) is 33.7 Å². The normalized spacial score (nSPS) is 10.8. The van der Waals surface area contributed by atoms with Crippen molar-refractivity contribution < 1.29 is 9.32 Å². The number of carbonyl (C=O) groups excluding carboxylic acids is 1. The highest BCUT2D eigenvalue weighted by atomic mass is 16.5. The fraction of sp³-hybridized carbons (Fsp3) is 0.417. The van der Waals surface area contributed by atoms with E-state index in [0.29, 0.717) is 18.1 Å². The smallest absolute Gasteiger partial charge is 0.228 e. The lowest BCUT2D eigenvalue weighted by Gasteiger charge is -2.07. The van der Waals surface area contributed by atoms with Gasteiger partial charge in [-0.05, 0) is 26.8 Å². The maximum atomic E-state index is 10.8. The number of aryl methyl sites for hydroxylation is 3. The summed E-state index contributed by atoms with van der Waals surface area (Å²) in [5, 5.41) is 3.74. The maximum Gasteiger partial charge on any atom is 0.228 e. The quantitative estimate of drug-likeness (QED) is 0.756. The van der Waals surface area contributed by atoms with Crippen LogP contribution in [0.15, 0.2) is 10.6 Å². The molecule has 0 aliphatic rings. The van der Waals surface area contributed by atoms with Gasteiger partial charge >= 0.3 is 0 Å². The van der Waals surface area contributed by atoms with Gasteiger partial charge in [-0.3, -0.25) is 4.79 Å². The van der Waals surface area contributed by atoms with Crippen LogP contribution >= 0.6 is 0 Å². The first-order valence-electron chi connectivity index (χ1n) is 5.53. The fourth-order valence-electron chi connectivity index (χ4n) is 1.94. The Bertz CT molecular complexity index is 540. The SMILES string of the molecule is Cc1noc(CCn2c(C)cc(C=O)c2C)n1. The lowest BCUT2D eigenvalue weighted by molar-refractivity contribution is 0.112. The number of nitrogens with zero attached hydrogens (tertiary/aromatic N) is 3. The molecule has 0 aromatic carbocycles. The van der Waals surface area contributed by atoms with Crippen molar-refractivity contribution in [2.24, 2.45) is 0 Å². The molecule has 0 atom stereocenters. The van der Waals surface area contributed by atoms with Gasteiger partial charge in [-0.2, -0.15) is 4.98 Å². The summed E-state index contributed by atoms with van der Waals surface area (Å²) >= 11 is 0. The standard InChI is InChI=1S/C12H15N3O2/c1-8-6-11(7-16)9(2)15(8)5-4-12-13-10(3)14-17-12/h6-7H,4-5H2,1-3H3. The first-order valence-corrected chi connectivity index (χ1v) is 5.53. The van der Waals surface area contributed by atoms with Gasteiger partial charge in [-0.25, -0.2) is 0 Å². The van der Waals surface area contributed by atoms with Crippen LogP contribution in [0, 0.1) is 20.8 Å². The van der Waals surface area contributed by atoms with Gasteiger partial charge in [0.1, 0.15) is 0 Å². The molecule has 2 aromatic heterocycles. The molecule has 0 bridgehead atoms. The number of hydrogen-bond donors (Lipinski definition) is 0. The van der Waals surface area contributed by atoms with Gasteiger partial charge < -0.3 is 9.09 Å². The molecule has 0 aliphatic heterocycles. The van der Waals surface area contributed by atoms with Crippen LogP contribution < -0.4 is 0 Å². The maximum absolute atomic E-state index is 10.8. The van der Waals surface area contributed by atoms with Crippen LogP contribution in [0.3, 0.4) is 0 Å². The molecule has 0 spiro atoms. The molecule has 0 aliphatic carbocycles. The second-order valence-corrected chi connectivity index (χ2v) is 4.08. The molecule has 2 rings (SSSR count). The number of hydrogen-bond acceptors (Lipinski definition) is 4. The summed E-state index contributed by atoms with van der Waals surface area (Å²) < 4.78 is 7.14. The Hall–Kier alpha value is -1.91. The van der Waals surface area contributed by atoms with E-state index < -0.39 is 0 Å². The molecule has 90 valence electrons. The Morgan fingerprint density at radius 3 is 2.71 bits per heavy atom. The molecule has 0 amide bonds. The van der Waals surface area contributed by atoms with Gasteiger partial charge in [-0.1, -0.05) is 5.16 Å². The van der Waals surface area contributed by atoms with Crippen molar-refractivity contribution in [2.75, 3.05) is 0 Å². The van der Waals surface area contributed by atoms with Crippen LogP contribution in [-0.4, -0.2) is 21.0 Å². The second-order valence-electron chi connectivity index (χ2n) is 4.08. The third-order valence-corrected chi connectivity index (χ3v) is 2.86. The van der Waals surface area contributed by atoms with E-state index in [9.17, 15) is 4.79 Å². The van der Waals surface area contributed by atoms with E-state index in [-0.39, 0.29) is 0 Å². The van der Waals surface area contributed by atoms with Gasteiger partial charge in [0.15, 0.2) is 12.1 Å². The van der Waals surface area contributed by atoms with Crippen molar-refractivity contribution in [3.8, 4) is 0 Å². The highest BCUT2D eigenvalue weighted by Crippen LogP contribution is 2.14. The van der Waals surface area contributed by atoms with Gasteiger partial charge in [0, 0.05) is 29.9 Å². The van der Waals surface area contributed by atoms with Gasteiger partial charge in [0.25, 0.3) is 0 Å². The number of aldehydes is 1. The fourth-order valence-corrected chi connectivity index (χ4v) is 1.94. The monoisotopic (exact) mass is 233 g/mol. The minimum absolute atomic E-state index is 0.627.